The molecule has 0 saturated heterocycles. The summed E-state index contributed by atoms with van der Waals surface area (Å²) in [6.07, 6.45) is -0.00393. The molecule has 1 N–H and O–H groups in total. The van der Waals surface area contributed by atoms with Gasteiger partial charge in [-0.2, -0.15) is 5.26 Å². The lowest BCUT2D eigenvalue weighted by atomic mass is 9.80. The van der Waals surface area contributed by atoms with Crippen LogP contribution in [0.5, 0.6) is 0 Å². The molecule has 1 aliphatic heterocycles. The molecule has 0 bridgehead atoms. The van der Waals surface area contributed by atoms with Gasteiger partial charge >= 0.3 is 11.9 Å². The largest absolute Gasteiger partial charge is 0.478 e. The number of nitro benzene ring substituents is 1. The summed E-state index contributed by atoms with van der Waals surface area (Å²) in [7, 11) is 1.62. The van der Waals surface area contributed by atoms with E-state index in [1.165, 1.54) is 24.3 Å². The normalized spacial score (nSPS) is 16.6. The molecule has 0 fully saturated rings. The molecule has 2 rings (SSSR count). The molecule has 0 aliphatic carbocycles. The first-order chi connectivity index (χ1) is 13.2. The van der Waals surface area contributed by atoms with Gasteiger partial charge in [0.15, 0.2) is 0 Å². The SMILES string of the molecule is CC1=C(C(=O)O)[C@@H](c2cccc([N+](=O)[O-])c2)C(C(=O)OCCC#N)=C(C)N1C. The highest BCUT2D eigenvalue weighted by Crippen LogP contribution is 2.42. The molecule has 1 aliphatic rings. The Bertz CT molecular complexity index is 941. The van der Waals surface area contributed by atoms with Gasteiger partial charge in [-0.15, -0.1) is 0 Å². The van der Waals surface area contributed by atoms with Gasteiger partial charge in [-0.05, 0) is 19.4 Å². The van der Waals surface area contributed by atoms with Gasteiger partial charge in [-0.3, -0.25) is 10.1 Å². The van der Waals surface area contributed by atoms with E-state index in [4.69, 9.17) is 10.00 Å². The van der Waals surface area contributed by atoms with Gasteiger partial charge in [0.25, 0.3) is 5.69 Å². The number of esters is 1. The predicted molar refractivity (Wildman–Crippen MR) is 97.8 cm³/mol. The van der Waals surface area contributed by atoms with E-state index in [1.807, 2.05) is 6.07 Å². The highest BCUT2D eigenvalue weighted by atomic mass is 16.6. The fourth-order valence-corrected chi connectivity index (χ4v) is 3.14. The Labute approximate surface area is 161 Å². The molecule has 9 heteroatoms. The number of ether oxygens (including phenoxy) is 1. The second kappa shape index (κ2) is 8.35. The lowest BCUT2D eigenvalue weighted by Crippen LogP contribution is -2.33. The number of hydrogen-bond donors (Lipinski definition) is 1. The van der Waals surface area contributed by atoms with Crippen molar-refractivity contribution in [2.45, 2.75) is 26.2 Å². The molecule has 0 spiro atoms. The first kappa shape index (κ1) is 20.6. The Hall–Kier alpha value is -3.67. The minimum absolute atomic E-state index is 0.00393. The molecular weight excluding hydrogens is 366 g/mol. The second-order valence-electron chi connectivity index (χ2n) is 6.19. The molecule has 28 heavy (non-hydrogen) atoms. The van der Waals surface area contributed by atoms with Gasteiger partial charge in [0.1, 0.15) is 6.61 Å². The Kier molecular flexibility index (Phi) is 6.15. The van der Waals surface area contributed by atoms with Crippen molar-refractivity contribution in [3.63, 3.8) is 0 Å². The summed E-state index contributed by atoms with van der Waals surface area (Å²) in [4.78, 5) is 36.9. The van der Waals surface area contributed by atoms with Crippen LogP contribution in [0, 0.1) is 21.4 Å². The maximum atomic E-state index is 12.7. The van der Waals surface area contributed by atoms with Crippen molar-refractivity contribution < 1.29 is 24.4 Å². The third-order valence-electron chi connectivity index (χ3n) is 4.67. The number of carboxylic acids is 1. The van der Waals surface area contributed by atoms with E-state index in [9.17, 15) is 24.8 Å². The lowest BCUT2D eigenvalue weighted by molar-refractivity contribution is -0.384. The van der Waals surface area contributed by atoms with Crippen LogP contribution in [0.25, 0.3) is 0 Å². The highest BCUT2D eigenvalue weighted by Gasteiger charge is 2.39. The standard InChI is InChI=1S/C19H19N3O6/c1-11-15(18(23)24)17(13-6-4-7-14(10-13)22(26)27)16(12(2)21(11)3)19(25)28-9-5-8-20/h4,6-7,10,17H,5,9H2,1-3H3,(H,23,24)/t17-/m1/s1. The monoisotopic (exact) mass is 385 g/mol. The molecule has 1 heterocycles. The summed E-state index contributed by atoms with van der Waals surface area (Å²) in [5.74, 6) is -3.04. The number of rotatable bonds is 6. The average Bonchev–Trinajstić information content (AvgIpc) is 2.65. The van der Waals surface area contributed by atoms with Crippen molar-refractivity contribution in [3.8, 4) is 6.07 Å². The Morgan fingerprint density at radius 2 is 1.96 bits per heavy atom. The van der Waals surface area contributed by atoms with Crippen LogP contribution in [0.15, 0.2) is 46.8 Å². The number of benzene rings is 1. The maximum Gasteiger partial charge on any atom is 0.336 e. The average molecular weight is 385 g/mol. The van der Waals surface area contributed by atoms with E-state index in [0.717, 1.165) is 0 Å². The van der Waals surface area contributed by atoms with E-state index >= 15 is 0 Å². The molecular formula is C19H19N3O6. The van der Waals surface area contributed by atoms with E-state index in [0.29, 0.717) is 17.0 Å². The van der Waals surface area contributed by atoms with Gasteiger partial charge in [-0.1, -0.05) is 12.1 Å². The zero-order valence-electron chi connectivity index (χ0n) is 15.6. The molecule has 9 nitrogen and oxygen atoms in total. The fourth-order valence-electron chi connectivity index (χ4n) is 3.14. The van der Waals surface area contributed by atoms with Crippen molar-refractivity contribution in [2.75, 3.05) is 13.7 Å². The number of carboxylic acid groups (broad SMARTS) is 1. The number of nitro groups is 1. The lowest BCUT2D eigenvalue weighted by Gasteiger charge is -2.35. The minimum Gasteiger partial charge on any atom is -0.478 e. The molecule has 1 aromatic rings. The number of non-ortho nitro benzene ring substituents is 1. The predicted octanol–water partition coefficient (Wildman–Crippen LogP) is 2.71. The van der Waals surface area contributed by atoms with Crippen LogP contribution in [0.1, 0.15) is 31.7 Å². The zero-order chi connectivity index (χ0) is 21.0. The molecule has 1 atom stereocenters. The van der Waals surface area contributed by atoms with Gasteiger partial charge in [0.05, 0.1) is 34.5 Å². The number of allylic oxidation sites excluding steroid dienone is 2. The molecule has 146 valence electrons. The zero-order valence-corrected chi connectivity index (χ0v) is 15.6. The molecule has 1 aromatic carbocycles. The van der Waals surface area contributed by atoms with E-state index in [1.54, 1.807) is 25.8 Å². The fraction of sp³-hybridized carbons (Fsp3) is 0.316. The number of nitriles is 1. The van der Waals surface area contributed by atoms with Crippen LogP contribution >= 0.6 is 0 Å². The van der Waals surface area contributed by atoms with E-state index in [-0.39, 0.29) is 29.9 Å². The van der Waals surface area contributed by atoms with Gasteiger partial charge in [0, 0.05) is 30.6 Å². The van der Waals surface area contributed by atoms with Crippen LogP contribution in [-0.2, 0) is 14.3 Å². The highest BCUT2D eigenvalue weighted by molar-refractivity contribution is 5.99. The third kappa shape index (κ3) is 3.86. The quantitative estimate of drug-likeness (QED) is 0.342. The van der Waals surface area contributed by atoms with Gasteiger partial charge in [-0.25, -0.2) is 9.59 Å². The molecule has 0 unspecified atom stereocenters. The van der Waals surface area contributed by atoms with Crippen LogP contribution in [0.2, 0.25) is 0 Å². The summed E-state index contributed by atoms with van der Waals surface area (Å²) in [6, 6.07) is 7.38. The van der Waals surface area contributed by atoms with Crippen molar-refractivity contribution in [1.82, 2.24) is 4.90 Å². The minimum atomic E-state index is -1.24. The summed E-state index contributed by atoms with van der Waals surface area (Å²) >= 11 is 0. The second-order valence-corrected chi connectivity index (χ2v) is 6.19. The maximum absolute atomic E-state index is 12.7. The van der Waals surface area contributed by atoms with Crippen molar-refractivity contribution in [1.29, 1.82) is 5.26 Å². The summed E-state index contributed by atoms with van der Waals surface area (Å²) < 4.78 is 5.14. The topological polar surface area (TPSA) is 134 Å². The molecule has 0 saturated carbocycles. The third-order valence-corrected chi connectivity index (χ3v) is 4.67. The van der Waals surface area contributed by atoms with Crippen molar-refractivity contribution in [2.24, 2.45) is 0 Å². The van der Waals surface area contributed by atoms with Gasteiger partial charge in [0.2, 0.25) is 0 Å². The Balaban J connectivity index is 2.67. The Morgan fingerprint density at radius 1 is 1.32 bits per heavy atom. The summed E-state index contributed by atoms with van der Waals surface area (Å²) in [5, 5.41) is 29.6. The summed E-state index contributed by atoms with van der Waals surface area (Å²) in [5.41, 5.74) is 0.972. The first-order valence-corrected chi connectivity index (χ1v) is 8.37. The van der Waals surface area contributed by atoms with Gasteiger partial charge < -0.3 is 14.7 Å². The van der Waals surface area contributed by atoms with Crippen molar-refractivity contribution >= 4 is 17.6 Å². The smallest absolute Gasteiger partial charge is 0.336 e. The number of carbonyl (C=O) groups is 2. The molecule has 0 aromatic heterocycles. The first-order valence-electron chi connectivity index (χ1n) is 8.37. The van der Waals surface area contributed by atoms with Crippen LogP contribution in [0.4, 0.5) is 5.69 Å². The number of hydrogen-bond acceptors (Lipinski definition) is 7. The molecule has 0 radical (unpaired) electrons. The van der Waals surface area contributed by atoms with Crippen molar-refractivity contribution in [3.05, 3.63) is 62.5 Å². The number of carbonyl (C=O) groups excluding carboxylic acids is 1. The van der Waals surface area contributed by atoms with Crippen LogP contribution in [0.3, 0.4) is 0 Å². The Morgan fingerprint density at radius 3 is 2.54 bits per heavy atom. The van der Waals surface area contributed by atoms with Crippen LogP contribution < -0.4 is 0 Å². The molecule has 0 amide bonds. The van der Waals surface area contributed by atoms with E-state index < -0.39 is 22.8 Å². The number of nitrogens with zero attached hydrogens (tertiary/aromatic N) is 3. The summed E-state index contributed by atoms with van der Waals surface area (Å²) in [6.45, 7) is 3.12. The number of aliphatic carboxylic acids is 1. The van der Waals surface area contributed by atoms with E-state index in [2.05, 4.69) is 0 Å². The van der Waals surface area contributed by atoms with Crippen LogP contribution in [-0.4, -0.2) is 40.5 Å².